The van der Waals surface area contributed by atoms with Crippen LogP contribution >= 0.6 is 0 Å². The fourth-order valence-corrected chi connectivity index (χ4v) is 2.40. The number of carbonyl (C=O) groups excluding carboxylic acids is 2. The van der Waals surface area contributed by atoms with Crippen LogP contribution in [-0.4, -0.2) is 16.7 Å². The Balaban J connectivity index is 2.32. The summed E-state index contributed by atoms with van der Waals surface area (Å²) in [5, 5.41) is 21.9. The second kappa shape index (κ2) is 3.99. The largest absolute Gasteiger partial charge is 0.545 e. The van der Waals surface area contributed by atoms with E-state index in [9.17, 15) is 24.8 Å². The van der Waals surface area contributed by atoms with Crippen molar-refractivity contribution < 1.29 is 19.6 Å². The van der Waals surface area contributed by atoms with Crippen molar-refractivity contribution in [1.29, 1.82) is 0 Å². The molecule has 3 rings (SSSR count). The maximum Gasteiger partial charge on any atom is 0.270 e. The molecule has 0 saturated heterocycles. The van der Waals surface area contributed by atoms with Crippen LogP contribution in [0.5, 0.6) is 0 Å². The van der Waals surface area contributed by atoms with Crippen LogP contribution in [0.1, 0.15) is 26.3 Å². The minimum Gasteiger partial charge on any atom is -0.545 e. The van der Waals surface area contributed by atoms with Gasteiger partial charge in [-0.1, -0.05) is 18.2 Å². The second-order valence-electron chi connectivity index (χ2n) is 4.33. The lowest BCUT2D eigenvalue weighted by Crippen LogP contribution is -2.23. The topological polar surface area (TPSA) is 100 Å². The number of non-ortho nitro benzene ring substituents is 1. The van der Waals surface area contributed by atoms with Gasteiger partial charge in [-0.3, -0.25) is 14.9 Å². The zero-order valence-corrected chi connectivity index (χ0v) is 9.95. The third-order valence-corrected chi connectivity index (χ3v) is 3.26. The summed E-state index contributed by atoms with van der Waals surface area (Å²) in [4.78, 5) is 33.5. The van der Waals surface area contributed by atoms with Crippen LogP contribution in [0.4, 0.5) is 5.69 Å². The summed E-state index contributed by atoms with van der Waals surface area (Å²) in [5.74, 6) is -1.80. The average molecular weight is 268 g/mol. The maximum absolute atomic E-state index is 12.2. The number of aromatic carboxylic acids is 1. The molecule has 20 heavy (non-hydrogen) atoms. The maximum atomic E-state index is 12.2. The second-order valence-corrected chi connectivity index (χ2v) is 4.33. The highest BCUT2D eigenvalue weighted by atomic mass is 16.6. The van der Waals surface area contributed by atoms with Gasteiger partial charge in [-0.15, -0.1) is 0 Å². The van der Waals surface area contributed by atoms with Crippen LogP contribution in [0.15, 0.2) is 36.4 Å². The Hall–Kier alpha value is -3.02. The van der Waals surface area contributed by atoms with E-state index in [1.807, 2.05) is 0 Å². The normalized spacial score (nSPS) is 11.9. The number of carboxylic acids is 1. The lowest BCUT2D eigenvalue weighted by Gasteiger charge is -2.09. The van der Waals surface area contributed by atoms with E-state index in [1.165, 1.54) is 30.3 Å². The Morgan fingerprint density at radius 1 is 1.05 bits per heavy atom. The first-order valence-electron chi connectivity index (χ1n) is 5.68. The number of rotatable bonds is 2. The molecular formula is C14H6NO5-. The predicted molar refractivity (Wildman–Crippen MR) is 66.3 cm³/mol. The first-order chi connectivity index (χ1) is 9.50. The zero-order valence-electron chi connectivity index (χ0n) is 9.95. The van der Waals surface area contributed by atoms with Gasteiger partial charge in [-0.25, -0.2) is 0 Å². The molecule has 6 heteroatoms. The van der Waals surface area contributed by atoms with Crippen molar-refractivity contribution in [1.82, 2.24) is 0 Å². The average Bonchev–Trinajstić information content (AvgIpc) is 2.72. The van der Waals surface area contributed by atoms with Crippen molar-refractivity contribution in [3.05, 3.63) is 63.2 Å². The smallest absolute Gasteiger partial charge is 0.270 e. The van der Waals surface area contributed by atoms with E-state index < -0.39 is 16.7 Å². The Kier molecular flexibility index (Phi) is 2.40. The number of carbonyl (C=O) groups is 2. The van der Waals surface area contributed by atoms with E-state index in [-0.39, 0.29) is 27.9 Å². The minimum absolute atomic E-state index is 0.0940. The van der Waals surface area contributed by atoms with E-state index in [0.717, 1.165) is 6.07 Å². The summed E-state index contributed by atoms with van der Waals surface area (Å²) in [7, 11) is 0. The van der Waals surface area contributed by atoms with Crippen molar-refractivity contribution in [2.24, 2.45) is 0 Å². The number of nitro benzene ring substituents is 1. The number of hydrogen-bond donors (Lipinski definition) is 0. The Labute approximate surface area is 112 Å². The van der Waals surface area contributed by atoms with E-state index in [1.54, 1.807) is 0 Å². The fraction of sp³-hybridized carbons (Fsp3) is 0. The Morgan fingerprint density at radius 3 is 2.45 bits per heavy atom. The Bertz CT molecular complexity index is 794. The molecule has 2 aromatic carbocycles. The summed E-state index contributed by atoms with van der Waals surface area (Å²) in [6.07, 6.45) is 0. The Morgan fingerprint density at radius 2 is 1.80 bits per heavy atom. The molecule has 0 heterocycles. The SMILES string of the molecule is O=C([O-])c1cccc2c1-c1ccc([N+](=O)[O-])cc1C2=O. The molecule has 98 valence electrons. The van der Waals surface area contributed by atoms with Gasteiger partial charge < -0.3 is 9.90 Å². The molecule has 0 aliphatic heterocycles. The molecular weight excluding hydrogens is 262 g/mol. The molecule has 2 aromatic rings. The van der Waals surface area contributed by atoms with Crippen molar-refractivity contribution in [2.75, 3.05) is 0 Å². The van der Waals surface area contributed by atoms with Gasteiger partial charge in [-0.05, 0) is 11.6 Å². The van der Waals surface area contributed by atoms with Crippen LogP contribution in [0.25, 0.3) is 11.1 Å². The van der Waals surface area contributed by atoms with Crippen LogP contribution in [0, 0.1) is 10.1 Å². The number of hydrogen-bond acceptors (Lipinski definition) is 5. The lowest BCUT2D eigenvalue weighted by atomic mass is 9.99. The summed E-state index contributed by atoms with van der Waals surface area (Å²) in [6, 6.07) is 8.09. The molecule has 0 spiro atoms. The highest BCUT2D eigenvalue weighted by molar-refractivity contribution is 6.24. The van der Waals surface area contributed by atoms with E-state index in [4.69, 9.17) is 0 Å². The predicted octanol–water partition coefficient (Wildman–Crippen LogP) is 1.17. The van der Waals surface area contributed by atoms with Gasteiger partial charge in [-0.2, -0.15) is 0 Å². The van der Waals surface area contributed by atoms with Gasteiger partial charge in [0.05, 0.1) is 10.9 Å². The molecule has 1 aliphatic rings. The molecule has 0 aromatic heterocycles. The van der Waals surface area contributed by atoms with Gasteiger partial charge in [0.25, 0.3) is 5.69 Å². The summed E-state index contributed by atoms with van der Waals surface area (Å²) in [6.45, 7) is 0. The molecule has 0 unspecified atom stereocenters. The quantitative estimate of drug-likeness (QED) is 0.513. The van der Waals surface area contributed by atoms with Gasteiger partial charge in [0.1, 0.15) is 0 Å². The van der Waals surface area contributed by atoms with Gasteiger partial charge in [0, 0.05) is 34.4 Å². The number of benzene rings is 2. The van der Waals surface area contributed by atoms with Crippen molar-refractivity contribution >= 4 is 17.4 Å². The molecule has 0 fully saturated rings. The van der Waals surface area contributed by atoms with Gasteiger partial charge in [0.15, 0.2) is 5.78 Å². The van der Waals surface area contributed by atoms with E-state index in [0.29, 0.717) is 5.56 Å². The van der Waals surface area contributed by atoms with E-state index >= 15 is 0 Å². The molecule has 0 atom stereocenters. The molecule has 0 bridgehead atoms. The molecule has 0 saturated carbocycles. The van der Waals surface area contributed by atoms with Crippen LogP contribution in [0.2, 0.25) is 0 Å². The minimum atomic E-state index is -1.39. The summed E-state index contributed by atoms with van der Waals surface area (Å²) < 4.78 is 0. The van der Waals surface area contributed by atoms with Crippen LogP contribution in [-0.2, 0) is 0 Å². The third-order valence-electron chi connectivity index (χ3n) is 3.26. The lowest BCUT2D eigenvalue weighted by molar-refractivity contribution is -0.384. The first-order valence-corrected chi connectivity index (χ1v) is 5.68. The van der Waals surface area contributed by atoms with Gasteiger partial charge in [0.2, 0.25) is 0 Å². The van der Waals surface area contributed by atoms with Crippen LogP contribution < -0.4 is 5.11 Å². The molecule has 6 nitrogen and oxygen atoms in total. The number of carboxylic acid groups (broad SMARTS) is 1. The van der Waals surface area contributed by atoms with Gasteiger partial charge >= 0.3 is 0 Å². The summed E-state index contributed by atoms with van der Waals surface area (Å²) in [5.41, 5.74) is 0.714. The van der Waals surface area contributed by atoms with Crippen molar-refractivity contribution in [3.8, 4) is 11.1 Å². The first kappa shape index (κ1) is 12.0. The third kappa shape index (κ3) is 1.51. The van der Waals surface area contributed by atoms with Crippen LogP contribution in [0.3, 0.4) is 0 Å². The van der Waals surface area contributed by atoms with Crippen molar-refractivity contribution in [3.63, 3.8) is 0 Å². The molecule has 0 radical (unpaired) electrons. The van der Waals surface area contributed by atoms with E-state index in [2.05, 4.69) is 0 Å². The highest BCUT2D eigenvalue weighted by Crippen LogP contribution is 2.40. The summed E-state index contributed by atoms with van der Waals surface area (Å²) >= 11 is 0. The van der Waals surface area contributed by atoms with Crippen molar-refractivity contribution in [2.45, 2.75) is 0 Å². The molecule has 0 amide bonds. The monoisotopic (exact) mass is 268 g/mol. The number of nitrogens with zero attached hydrogens (tertiary/aromatic N) is 1. The molecule has 0 N–H and O–H groups in total. The number of fused-ring (bicyclic) bond motifs is 3. The molecule has 1 aliphatic carbocycles. The number of ketones is 1. The standard InChI is InChI=1S/C14H7NO5/c16-13-9-2-1-3-10(14(17)18)12(9)8-5-4-7(15(19)20)6-11(8)13/h1-6H,(H,17,18)/p-1. The fourth-order valence-electron chi connectivity index (χ4n) is 2.40. The number of nitro groups is 1. The highest BCUT2D eigenvalue weighted by Gasteiger charge is 2.30. The zero-order chi connectivity index (χ0) is 14.4.